The highest BCUT2D eigenvalue weighted by molar-refractivity contribution is 7.22. The summed E-state index contributed by atoms with van der Waals surface area (Å²) in [5.41, 5.74) is 14.0. The molecule has 6 aromatic carbocycles. The number of thiazole rings is 2. The van der Waals surface area contributed by atoms with Gasteiger partial charge in [-0.25, -0.2) is 39.5 Å². The second kappa shape index (κ2) is 44.4. The van der Waals surface area contributed by atoms with Gasteiger partial charge in [0.15, 0.2) is 32.9 Å². The minimum atomic E-state index is -1.10. The molecule has 2 atom stereocenters. The van der Waals surface area contributed by atoms with Gasteiger partial charge < -0.3 is 38.9 Å². The van der Waals surface area contributed by atoms with Gasteiger partial charge in [-0.2, -0.15) is 10.2 Å². The van der Waals surface area contributed by atoms with Gasteiger partial charge in [0.2, 0.25) is 23.6 Å². The third kappa shape index (κ3) is 22.5. The molecule has 22 rings (SSSR count). The van der Waals surface area contributed by atoms with E-state index in [-0.39, 0.29) is 59.0 Å². The van der Waals surface area contributed by atoms with Crippen LogP contribution in [0.3, 0.4) is 0 Å². The highest BCUT2D eigenvalue weighted by Gasteiger charge is 2.38. The van der Waals surface area contributed by atoms with Crippen molar-refractivity contribution in [2.24, 2.45) is 25.9 Å². The molecule has 6 amide bonds. The third-order valence-corrected chi connectivity index (χ3v) is 33.1. The van der Waals surface area contributed by atoms with E-state index in [4.69, 9.17) is 34.1 Å². The number of imide groups is 2. The zero-order chi connectivity index (χ0) is 104. The Morgan fingerprint density at radius 3 is 1.27 bits per heavy atom. The summed E-state index contributed by atoms with van der Waals surface area (Å²) in [6, 6.07) is 55.0. The number of ether oxygens (including phenoxy) is 3. The summed E-state index contributed by atoms with van der Waals surface area (Å²) in [5.74, 6) is 2.08. The van der Waals surface area contributed by atoms with Crippen molar-refractivity contribution in [1.29, 1.82) is 0 Å². The Bertz CT molecular complexity index is 7420. The molecule has 14 aromatic rings. The zero-order valence-corrected chi connectivity index (χ0v) is 87.7. The van der Waals surface area contributed by atoms with Gasteiger partial charge in [0, 0.05) is 139 Å². The minimum Gasteiger partial charge on any atom is -0.490 e. The molecule has 8 aliphatic rings. The molecule has 4 saturated heterocycles. The lowest BCUT2D eigenvalue weighted by Crippen LogP contribution is -2.46. The summed E-state index contributed by atoms with van der Waals surface area (Å²) >= 11 is 2.89. The van der Waals surface area contributed by atoms with E-state index in [2.05, 4.69) is 78.9 Å². The van der Waals surface area contributed by atoms with Gasteiger partial charge in [0.25, 0.3) is 11.8 Å². The van der Waals surface area contributed by atoms with E-state index in [0.717, 1.165) is 227 Å². The number of carbonyl (C=O) groups excluding carboxylic acids is 7. The van der Waals surface area contributed by atoms with Crippen LogP contribution in [-0.4, -0.2) is 208 Å². The molecule has 776 valence electrons. The number of aromatic nitrogens is 10. The van der Waals surface area contributed by atoms with E-state index < -0.39 is 29.4 Å². The zero-order valence-electron chi connectivity index (χ0n) is 86.1. The van der Waals surface area contributed by atoms with Crippen molar-refractivity contribution in [1.82, 2.24) is 69.9 Å². The molecule has 2 unspecified atom stereocenters. The predicted octanol–water partition coefficient (Wildman–Crippen LogP) is 19.1. The average molecular weight is 2060 g/mol. The van der Waals surface area contributed by atoms with Gasteiger partial charge in [-0.1, -0.05) is 121 Å². The van der Waals surface area contributed by atoms with Crippen molar-refractivity contribution in [2.45, 2.75) is 206 Å². The molecule has 2 aliphatic carbocycles. The fourth-order valence-corrected chi connectivity index (χ4v) is 24.7. The Kier molecular flexibility index (Phi) is 30.0. The van der Waals surface area contributed by atoms with E-state index in [1.54, 1.807) is 9.36 Å². The predicted molar refractivity (Wildman–Crippen MR) is 584 cm³/mol. The van der Waals surface area contributed by atoms with E-state index >= 15 is 0 Å². The molecule has 32 nitrogen and oxygen atoms in total. The minimum absolute atomic E-state index is 0.0194. The van der Waals surface area contributed by atoms with Gasteiger partial charge in [-0.15, -0.1) is 0 Å². The summed E-state index contributed by atoms with van der Waals surface area (Å²) in [7, 11) is 3.72. The first-order valence-electron chi connectivity index (χ1n) is 53.1. The summed E-state index contributed by atoms with van der Waals surface area (Å²) in [6.45, 7) is 21.6. The lowest BCUT2D eigenvalue weighted by Gasteiger charge is -2.35. The van der Waals surface area contributed by atoms with Crippen molar-refractivity contribution in [3.63, 3.8) is 0 Å². The van der Waals surface area contributed by atoms with Crippen molar-refractivity contribution in [3.8, 4) is 33.8 Å². The number of rotatable bonds is 28. The summed E-state index contributed by atoms with van der Waals surface area (Å²) < 4.78 is 25.0. The fraction of sp³-hybridized carbons (Fsp3) is 0.414. The first kappa shape index (κ1) is 101. The Balaban J connectivity index is 0.000000175. The second-order valence-electron chi connectivity index (χ2n) is 42.2. The van der Waals surface area contributed by atoms with E-state index in [1.165, 1.54) is 61.2 Å². The van der Waals surface area contributed by atoms with Crippen molar-refractivity contribution in [2.75, 3.05) is 109 Å². The van der Waals surface area contributed by atoms with Crippen molar-refractivity contribution < 1.29 is 57.7 Å². The molecule has 5 N–H and O–H groups in total. The monoisotopic (exact) mass is 2060 g/mol. The first-order chi connectivity index (χ1) is 72.7. The second-order valence-corrected chi connectivity index (χ2v) is 44.2. The number of carboxylic acid groups (broad SMARTS) is 1. The van der Waals surface area contributed by atoms with Gasteiger partial charge >= 0.3 is 11.9 Å². The number of benzene rings is 6. The molecule has 150 heavy (non-hydrogen) atoms. The molecule has 14 heterocycles. The first-order valence-corrected chi connectivity index (χ1v) is 54.7. The average Bonchev–Trinajstić information content (AvgIpc) is 1.68. The van der Waals surface area contributed by atoms with E-state index in [9.17, 15) is 43.5 Å². The van der Waals surface area contributed by atoms with Crippen LogP contribution < -0.4 is 50.3 Å². The lowest BCUT2D eigenvalue weighted by molar-refractivity contribution is -0.135. The Morgan fingerprint density at radius 2 is 0.840 bits per heavy atom. The standard InChI is InChI=1S/C60H68N10O6S.C56H60N10O6S/c1-37-41(42-23-26-50(62-54(42)58(74)76-60(2,3)4)70-31-29-39-13-10-15-43(46(39)36-70)56(72)65-59-61-47-16-6-7-18-49(47)77-59)14-11-17-48(37)75-40-21-19-38(20-22-40)12-8-9-30-68-32-34-69(35-33-68)51-27-24-44-53(66-67(5)55(44)63-51)45-25-28-52(71)64-57(45)73;1-34-38(39-20-23-47(58-51(39)55(70)71)66-28-26-36-10-7-12-40(43(36)33-66)53(68)61-56-57-44-13-3-4-15-46(44)73-56)11-8-14-45(34)72-37-18-16-35(17-19-37)9-5-6-27-64-29-31-65(32-30-64)48-24-21-41-50(62-63(2)52(41)59-48)42-22-25-49(67)60-54(42)69/h6-7,10-11,13-18,23-24,26-27,38,40,45H,8-9,12,19-22,25,28-36H2,1-5H3,(H,61,65,72)(H,64,71,73);3-4,7-8,10-15,20-21,23-24,35,37,42H,5-6,9,16-19,22,25-33H2,1-2H3,(H,70,71)(H,57,61,68)(H,60,67,69). The molecular formula is C116H128N20O12S2. The SMILES string of the molecule is Cc1c(OC2CCC(CCCCN3CCN(c4ccc5c(C6CCC(=O)NC6=O)nn(C)c5n4)CC3)CC2)cccc1-c1ccc(N2CCc3cccc(C(=O)Nc4nc5ccccc5s4)c3C2)nc1C(=O)O.Cc1c(OC2CCC(CCCCN3CCN(c4ccc5c(C6CCC(=O)NC6=O)nn(C)c5n4)CC3)CC2)cccc1-c1ccc(N2CCc3cccc(C(=O)Nc4nc5ccccc5s4)c3C2)nc1C(=O)OC(C)(C)C. The van der Waals surface area contributed by atoms with E-state index in [1.807, 2.05) is 210 Å². The molecule has 0 radical (unpaired) electrons. The maximum Gasteiger partial charge on any atom is 0.358 e. The molecule has 8 aromatic heterocycles. The number of hydrogen-bond donors (Lipinski definition) is 5. The highest BCUT2D eigenvalue weighted by atomic mass is 32.1. The number of esters is 1. The number of amides is 6. The number of aryl methyl sites for hydroxylation is 2. The fourth-order valence-electron chi connectivity index (χ4n) is 23.0. The number of hydrogen-bond acceptors (Lipinski definition) is 27. The largest absolute Gasteiger partial charge is 0.490 e. The molecule has 2 saturated carbocycles. The number of carboxylic acids is 1. The summed E-state index contributed by atoms with van der Waals surface area (Å²) in [6.07, 6.45) is 19.0. The number of piperazine rings is 2. The summed E-state index contributed by atoms with van der Waals surface area (Å²) in [5, 5.41) is 33.7. The maximum absolute atomic E-state index is 14.1. The number of para-hydroxylation sites is 2. The number of carbonyl (C=O) groups is 8. The normalized spacial score (nSPS) is 19.4. The number of aromatic carboxylic acids is 1. The van der Waals surface area contributed by atoms with Crippen LogP contribution in [-0.2, 0) is 63.9 Å². The van der Waals surface area contributed by atoms with Crippen LogP contribution in [0.1, 0.15) is 235 Å². The Morgan fingerprint density at radius 1 is 0.427 bits per heavy atom. The molecular weight excluding hydrogens is 1930 g/mol. The maximum atomic E-state index is 14.1. The van der Waals surface area contributed by atoms with Gasteiger partial charge in [-0.3, -0.25) is 69.2 Å². The van der Waals surface area contributed by atoms with Crippen molar-refractivity contribution in [3.05, 3.63) is 237 Å². The number of anilines is 6. The Hall–Kier alpha value is -14.5. The van der Waals surface area contributed by atoms with Crippen LogP contribution in [0.5, 0.6) is 11.5 Å². The molecule has 0 spiro atoms. The smallest absolute Gasteiger partial charge is 0.358 e. The quantitative estimate of drug-likeness (QED) is 0.0173. The Labute approximate surface area is 879 Å². The number of pyridine rings is 4. The van der Waals surface area contributed by atoms with Crippen LogP contribution in [0.15, 0.2) is 170 Å². The number of piperidine rings is 2. The van der Waals surface area contributed by atoms with Gasteiger partial charge in [-0.05, 0) is 291 Å². The van der Waals surface area contributed by atoms with Gasteiger partial charge in [0.1, 0.15) is 40.4 Å². The van der Waals surface area contributed by atoms with Crippen LogP contribution in [0.25, 0.3) is 64.8 Å². The summed E-state index contributed by atoms with van der Waals surface area (Å²) in [4.78, 5) is 146. The molecule has 6 aliphatic heterocycles. The topological polar surface area (TPSA) is 365 Å². The number of nitrogens with one attached hydrogen (secondary N) is 4. The molecule has 0 bridgehead atoms. The third-order valence-electron chi connectivity index (χ3n) is 31.2. The lowest BCUT2D eigenvalue weighted by atomic mass is 9.84. The molecule has 34 heteroatoms. The van der Waals surface area contributed by atoms with Gasteiger partial charge in [0.05, 0.1) is 55.9 Å². The van der Waals surface area contributed by atoms with E-state index in [0.29, 0.717) is 132 Å². The van der Waals surface area contributed by atoms with Crippen LogP contribution in [0.4, 0.5) is 33.5 Å². The highest BCUT2D eigenvalue weighted by Crippen LogP contribution is 2.44. The van der Waals surface area contributed by atoms with Crippen LogP contribution in [0, 0.1) is 25.7 Å². The van der Waals surface area contributed by atoms with Crippen LogP contribution >= 0.6 is 22.7 Å². The number of fused-ring (bicyclic) bond motifs is 6. The number of unbranched alkanes of at least 4 members (excludes halogenated alkanes) is 2. The van der Waals surface area contributed by atoms with Crippen molar-refractivity contribution >= 4 is 146 Å². The number of nitrogens with zero attached hydrogens (tertiary/aromatic N) is 16. The van der Waals surface area contributed by atoms with Crippen LogP contribution in [0.2, 0.25) is 0 Å². The molecule has 6 fully saturated rings.